The van der Waals surface area contributed by atoms with Crippen LogP contribution in [-0.4, -0.2) is 37.3 Å². The predicted molar refractivity (Wildman–Crippen MR) is 107 cm³/mol. The van der Waals surface area contributed by atoms with Crippen molar-refractivity contribution in [2.75, 3.05) is 20.3 Å². The van der Waals surface area contributed by atoms with Gasteiger partial charge in [0, 0.05) is 12.6 Å². The van der Waals surface area contributed by atoms with Crippen LogP contribution >= 0.6 is 0 Å². The second-order valence-corrected chi connectivity index (χ2v) is 6.20. The predicted octanol–water partition coefficient (Wildman–Crippen LogP) is 2.47. The average Bonchev–Trinajstić information content (AvgIpc) is 3.07. The minimum absolute atomic E-state index is 0.194. The molecule has 1 N–H and O–H groups in total. The minimum atomic E-state index is -0.664. The summed E-state index contributed by atoms with van der Waals surface area (Å²) in [4.78, 5) is 23.2. The third kappa shape index (κ3) is 6.67. The second-order valence-electron chi connectivity index (χ2n) is 6.20. The summed E-state index contributed by atoms with van der Waals surface area (Å²) in [6.45, 7) is 3.75. The Bertz CT molecular complexity index is 939. The van der Waals surface area contributed by atoms with Gasteiger partial charge in [-0.2, -0.15) is 5.26 Å². The van der Waals surface area contributed by atoms with Crippen LogP contribution in [0.4, 0.5) is 0 Å². The summed E-state index contributed by atoms with van der Waals surface area (Å²) in [7, 11) is 1.52. The Labute approximate surface area is 174 Å². The van der Waals surface area contributed by atoms with Crippen LogP contribution in [0, 0.1) is 25.2 Å². The summed E-state index contributed by atoms with van der Waals surface area (Å²) in [6.07, 6.45) is 2.94. The number of hydrogen-bond donors (Lipinski definition) is 1. The standard InChI is InChI=1S/C21H23N3O6/c1-14-17(15(2)30-24-14)12-28-18-7-5-16(11-19(18)27-3)6-8-21(26)29-13-20(25)23-10-4-9-22/h5-8,11H,4,10,12-13H2,1-3H3,(H,23,25)/b8-6+. The Kier molecular flexibility index (Phi) is 8.44. The number of amides is 1. The molecule has 0 bridgehead atoms. The van der Waals surface area contributed by atoms with Crippen LogP contribution in [0.15, 0.2) is 28.8 Å². The van der Waals surface area contributed by atoms with Gasteiger partial charge in [0.1, 0.15) is 12.4 Å². The van der Waals surface area contributed by atoms with E-state index in [-0.39, 0.29) is 19.6 Å². The molecule has 30 heavy (non-hydrogen) atoms. The number of benzene rings is 1. The maximum Gasteiger partial charge on any atom is 0.331 e. The maximum atomic E-state index is 11.8. The molecule has 1 amide bonds. The molecule has 1 aromatic carbocycles. The van der Waals surface area contributed by atoms with E-state index in [1.54, 1.807) is 18.2 Å². The number of nitriles is 1. The van der Waals surface area contributed by atoms with Crippen molar-refractivity contribution in [1.82, 2.24) is 10.5 Å². The van der Waals surface area contributed by atoms with Crippen molar-refractivity contribution in [3.8, 4) is 17.6 Å². The molecule has 0 aliphatic carbocycles. The highest BCUT2D eigenvalue weighted by Gasteiger charge is 2.12. The molecule has 0 fully saturated rings. The van der Waals surface area contributed by atoms with Crippen molar-refractivity contribution in [2.45, 2.75) is 26.9 Å². The van der Waals surface area contributed by atoms with Crippen LogP contribution in [-0.2, 0) is 20.9 Å². The fourth-order valence-electron chi connectivity index (χ4n) is 2.42. The topological polar surface area (TPSA) is 124 Å². The summed E-state index contributed by atoms with van der Waals surface area (Å²) in [5, 5.41) is 14.8. The number of methoxy groups -OCH3 is 1. The van der Waals surface area contributed by atoms with Gasteiger partial charge in [0.25, 0.3) is 5.91 Å². The highest BCUT2D eigenvalue weighted by atomic mass is 16.5. The molecule has 1 heterocycles. The number of aromatic nitrogens is 1. The number of ether oxygens (including phenoxy) is 3. The minimum Gasteiger partial charge on any atom is -0.493 e. The van der Waals surface area contributed by atoms with Crippen LogP contribution in [0.2, 0.25) is 0 Å². The second kappa shape index (κ2) is 11.3. The molecule has 1 aromatic heterocycles. The molecule has 0 aliphatic heterocycles. The largest absolute Gasteiger partial charge is 0.493 e. The first-order valence-electron chi connectivity index (χ1n) is 9.15. The van der Waals surface area contributed by atoms with Gasteiger partial charge in [0.2, 0.25) is 0 Å². The van der Waals surface area contributed by atoms with Crippen molar-refractivity contribution in [2.24, 2.45) is 0 Å². The SMILES string of the molecule is COc1cc(/C=C/C(=O)OCC(=O)NCCC#N)ccc1OCc1c(C)noc1C. The smallest absolute Gasteiger partial charge is 0.331 e. The third-order valence-electron chi connectivity index (χ3n) is 4.06. The van der Waals surface area contributed by atoms with Gasteiger partial charge in [0.15, 0.2) is 18.1 Å². The molecule has 0 saturated heterocycles. The van der Waals surface area contributed by atoms with Crippen molar-refractivity contribution in [3.05, 3.63) is 46.9 Å². The van der Waals surface area contributed by atoms with Gasteiger partial charge in [-0.3, -0.25) is 4.79 Å². The van der Waals surface area contributed by atoms with Crippen molar-refractivity contribution in [1.29, 1.82) is 5.26 Å². The molecule has 158 valence electrons. The van der Waals surface area contributed by atoms with Crippen LogP contribution in [0.5, 0.6) is 11.5 Å². The number of rotatable bonds is 10. The number of nitrogens with one attached hydrogen (secondary N) is 1. The molecule has 0 aliphatic rings. The molecule has 0 atom stereocenters. The van der Waals surface area contributed by atoms with Crippen molar-refractivity contribution < 1.29 is 28.3 Å². The van der Waals surface area contributed by atoms with E-state index in [1.165, 1.54) is 19.3 Å². The quantitative estimate of drug-likeness (QED) is 0.358. The Morgan fingerprint density at radius 2 is 2.10 bits per heavy atom. The zero-order valence-corrected chi connectivity index (χ0v) is 17.1. The number of carbonyl (C=O) groups excluding carboxylic acids is 2. The van der Waals surface area contributed by atoms with Gasteiger partial charge in [-0.05, 0) is 37.6 Å². The number of nitrogens with zero attached hydrogens (tertiary/aromatic N) is 2. The molecule has 2 aromatic rings. The van der Waals surface area contributed by atoms with E-state index in [4.69, 9.17) is 24.0 Å². The van der Waals surface area contributed by atoms with Gasteiger partial charge in [-0.25, -0.2) is 4.79 Å². The Morgan fingerprint density at radius 3 is 2.77 bits per heavy atom. The summed E-state index contributed by atoms with van der Waals surface area (Å²) in [6, 6.07) is 7.09. The van der Waals surface area contributed by atoms with Gasteiger partial charge < -0.3 is 24.1 Å². The monoisotopic (exact) mass is 413 g/mol. The van der Waals surface area contributed by atoms with E-state index >= 15 is 0 Å². The van der Waals surface area contributed by atoms with Crippen LogP contribution < -0.4 is 14.8 Å². The summed E-state index contributed by atoms with van der Waals surface area (Å²) in [5.74, 6) is 0.597. The Morgan fingerprint density at radius 1 is 1.30 bits per heavy atom. The first-order chi connectivity index (χ1) is 14.4. The van der Waals surface area contributed by atoms with E-state index in [0.717, 1.165) is 11.3 Å². The summed E-state index contributed by atoms with van der Waals surface area (Å²) >= 11 is 0. The van der Waals surface area contributed by atoms with Crippen LogP contribution in [0.1, 0.15) is 29.0 Å². The van der Waals surface area contributed by atoms with Gasteiger partial charge >= 0.3 is 5.97 Å². The zero-order valence-electron chi connectivity index (χ0n) is 17.1. The molecular formula is C21H23N3O6. The Balaban J connectivity index is 1.91. The fraction of sp³-hybridized carbons (Fsp3) is 0.333. The zero-order chi connectivity index (χ0) is 21.9. The van der Waals surface area contributed by atoms with Gasteiger partial charge in [-0.1, -0.05) is 11.2 Å². The number of hydrogen-bond acceptors (Lipinski definition) is 8. The molecule has 0 saturated carbocycles. The first-order valence-corrected chi connectivity index (χ1v) is 9.15. The van der Waals surface area contributed by atoms with Crippen LogP contribution in [0.3, 0.4) is 0 Å². The summed E-state index contributed by atoms with van der Waals surface area (Å²) < 4.78 is 21.1. The van der Waals surface area contributed by atoms with E-state index in [1.807, 2.05) is 19.9 Å². The lowest BCUT2D eigenvalue weighted by Gasteiger charge is -2.11. The van der Waals surface area contributed by atoms with Crippen LogP contribution in [0.25, 0.3) is 6.08 Å². The molecule has 0 radical (unpaired) electrons. The normalized spacial score (nSPS) is 10.5. The first kappa shape index (κ1) is 22.5. The number of aryl methyl sites for hydroxylation is 2. The van der Waals surface area contributed by atoms with E-state index in [2.05, 4.69) is 10.5 Å². The number of carbonyl (C=O) groups is 2. The van der Waals surface area contributed by atoms with E-state index < -0.39 is 18.5 Å². The fourth-order valence-corrected chi connectivity index (χ4v) is 2.42. The van der Waals surface area contributed by atoms with E-state index in [0.29, 0.717) is 22.8 Å². The molecule has 0 spiro atoms. The highest BCUT2D eigenvalue weighted by Crippen LogP contribution is 2.30. The molecule has 0 unspecified atom stereocenters. The lowest BCUT2D eigenvalue weighted by Crippen LogP contribution is -2.29. The average molecular weight is 413 g/mol. The van der Waals surface area contributed by atoms with Crippen molar-refractivity contribution >= 4 is 18.0 Å². The molecule has 9 nitrogen and oxygen atoms in total. The molecule has 9 heteroatoms. The van der Waals surface area contributed by atoms with Crippen molar-refractivity contribution in [3.63, 3.8) is 0 Å². The van der Waals surface area contributed by atoms with Gasteiger partial charge in [0.05, 0.1) is 30.9 Å². The molecular weight excluding hydrogens is 390 g/mol. The number of esters is 1. The summed E-state index contributed by atoms with van der Waals surface area (Å²) in [5.41, 5.74) is 2.33. The maximum absolute atomic E-state index is 11.8. The lowest BCUT2D eigenvalue weighted by molar-refractivity contribution is -0.143. The van der Waals surface area contributed by atoms with Gasteiger partial charge in [-0.15, -0.1) is 0 Å². The third-order valence-corrected chi connectivity index (χ3v) is 4.06. The molecule has 2 rings (SSSR count). The lowest BCUT2D eigenvalue weighted by atomic mass is 10.2. The highest BCUT2D eigenvalue weighted by molar-refractivity contribution is 5.89. The van der Waals surface area contributed by atoms with E-state index in [9.17, 15) is 9.59 Å². The Hall–Kier alpha value is -3.80.